The Morgan fingerprint density at radius 1 is 1.30 bits per heavy atom. The normalized spacial score (nSPS) is 41.7. The van der Waals surface area contributed by atoms with Gasteiger partial charge in [0.2, 0.25) is 0 Å². The molecular formula is C10H19. The zero-order valence-electron chi connectivity index (χ0n) is 7.43. The second-order valence-corrected chi connectivity index (χ2v) is 3.80. The van der Waals surface area contributed by atoms with E-state index < -0.39 is 0 Å². The van der Waals surface area contributed by atoms with Crippen LogP contribution in [-0.4, -0.2) is 0 Å². The molecular weight excluding hydrogens is 120 g/mol. The predicted octanol–water partition coefficient (Wildman–Crippen LogP) is 3.28. The maximum atomic E-state index is 2.55. The SMILES string of the molecule is CCC1[CH]C(C)CCC1C. The third-order valence-corrected chi connectivity index (χ3v) is 2.86. The van der Waals surface area contributed by atoms with E-state index in [1.807, 2.05) is 0 Å². The number of rotatable bonds is 1. The standard InChI is InChI=1S/C10H19/c1-4-10-7-8(2)5-6-9(10)3/h7-10H,4-6H2,1-3H3. The van der Waals surface area contributed by atoms with Crippen LogP contribution in [0.4, 0.5) is 0 Å². The Bertz CT molecular complexity index is 96.2. The average molecular weight is 139 g/mol. The monoisotopic (exact) mass is 139 g/mol. The molecule has 1 aliphatic carbocycles. The first-order valence-corrected chi connectivity index (χ1v) is 4.59. The molecule has 1 fully saturated rings. The van der Waals surface area contributed by atoms with Crippen molar-refractivity contribution in [1.82, 2.24) is 0 Å². The van der Waals surface area contributed by atoms with Crippen molar-refractivity contribution in [2.75, 3.05) is 0 Å². The maximum absolute atomic E-state index is 2.55. The predicted molar refractivity (Wildman–Crippen MR) is 45.6 cm³/mol. The second kappa shape index (κ2) is 3.41. The first-order chi connectivity index (χ1) is 4.74. The highest BCUT2D eigenvalue weighted by Gasteiger charge is 2.23. The van der Waals surface area contributed by atoms with Gasteiger partial charge < -0.3 is 0 Å². The quantitative estimate of drug-likeness (QED) is 0.523. The largest absolute Gasteiger partial charge is 0.0651 e. The van der Waals surface area contributed by atoms with Crippen molar-refractivity contribution in [1.29, 1.82) is 0 Å². The fraction of sp³-hybridized carbons (Fsp3) is 0.900. The highest BCUT2D eigenvalue weighted by atomic mass is 14.3. The van der Waals surface area contributed by atoms with E-state index in [1.54, 1.807) is 0 Å². The van der Waals surface area contributed by atoms with Crippen LogP contribution >= 0.6 is 0 Å². The smallest absolute Gasteiger partial charge is 0.0324 e. The first kappa shape index (κ1) is 8.10. The lowest BCUT2D eigenvalue weighted by atomic mass is 9.74. The summed E-state index contributed by atoms with van der Waals surface area (Å²) in [6.45, 7) is 7.03. The molecule has 1 radical (unpaired) electrons. The van der Waals surface area contributed by atoms with Gasteiger partial charge in [0.05, 0.1) is 0 Å². The molecule has 0 heterocycles. The summed E-state index contributed by atoms with van der Waals surface area (Å²) in [5.41, 5.74) is 0. The van der Waals surface area contributed by atoms with Crippen molar-refractivity contribution in [2.24, 2.45) is 17.8 Å². The van der Waals surface area contributed by atoms with Gasteiger partial charge in [0.25, 0.3) is 0 Å². The van der Waals surface area contributed by atoms with Crippen molar-refractivity contribution in [3.8, 4) is 0 Å². The van der Waals surface area contributed by atoms with Gasteiger partial charge in [-0.1, -0.05) is 40.0 Å². The van der Waals surface area contributed by atoms with E-state index in [2.05, 4.69) is 27.2 Å². The Kier molecular flexibility index (Phi) is 2.76. The fourth-order valence-corrected chi connectivity index (χ4v) is 1.99. The lowest BCUT2D eigenvalue weighted by Crippen LogP contribution is -2.21. The molecule has 1 saturated carbocycles. The minimum atomic E-state index is 0.876. The van der Waals surface area contributed by atoms with Gasteiger partial charge in [0, 0.05) is 0 Å². The lowest BCUT2D eigenvalue weighted by molar-refractivity contribution is 0.271. The summed E-state index contributed by atoms with van der Waals surface area (Å²) in [6, 6.07) is 0. The molecule has 0 spiro atoms. The highest BCUT2D eigenvalue weighted by Crippen LogP contribution is 2.33. The molecule has 0 N–H and O–H groups in total. The second-order valence-electron chi connectivity index (χ2n) is 3.80. The number of hydrogen-bond acceptors (Lipinski definition) is 0. The summed E-state index contributed by atoms with van der Waals surface area (Å²) >= 11 is 0. The first-order valence-electron chi connectivity index (χ1n) is 4.59. The molecule has 0 nitrogen and oxygen atoms in total. The van der Waals surface area contributed by atoms with Crippen molar-refractivity contribution in [3.63, 3.8) is 0 Å². The lowest BCUT2D eigenvalue weighted by Gasteiger charge is -2.31. The number of hydrogen-bond donors (Lipinski definition) is 0. The van der Waals surface area contributed by atoms with Crippen LogP contribution in [0.3, 0.4) is 0 Å². The van der Waals surface area contributed by atoms with Gasteiger partial charge in [-0.2, -0.15) is 0 Å². The molecule has 0 saturated heterocycles. The zero-order valence-corrected chi connectivity index (χ0v) is 7.43. The summed E-state index contributed by atoms with van der Waals surface area (Å²) < 4.78 is 0. The van der Waals surface area contributed by atoms with Crippen LogP contribution in [-0.2, 0) is 0 Å². The maximum Gasteiger partial charge on any atom is -0.0324 e. The Labute approximate surface area is 65.0 Å². The molecule has 0 aromatic carbocycles. The molecule has 0 amide bonds. The van der Waals surface area contributed by atoms with E-state index in [0.29, 0.717) is 0 Å². The van der Waals surface area contributed by atoms with Crippen LogP contribution in [0, 0.1) is 24.2 Å². The van der Waals surface area contributed by atoms with Gasteiger partial charge in [-0.25, -0.2) is 0 Å². The minimum absolute atomic E-state index is 0.876. The molecule has 0 bridgehead atoms. The molecule has 10 heavy (non-hydrogen) atoms. The molecule has 0 aromatic heterocycles. The Morgan fingerprint density at radius 3 is 2.50 bits per heavy atom. The van der Waals surface area contributed by atoms with Gasteiger partial charge in [0.15, 0.2) is 0 Å². The van der Waals surface area contributed by atoms with Crippen molar-refractivity contribution in [3.05, 3.63) is 6.42 Å². The van der Waals surface area contributed by atoms with Crippen molar-refractivity contribution < 1.29 is 0 Å². The van der Waals surface area contributed by atoms with Crippen molar-refractivity contribution in [2.45, 2.75) is 40.0 Å². The molecule has 0 heteroatoms. The van der Waals surface area contributed by atoms with Crippen LogP contribution in [0.1, 0.15) is 40.0 Å². The summed E-state index contributed by atoms with van der Waals surface area (Å²) in [7, 11) is 0. The summed E-state index contributed by atoms with van der Waals surface area (Å²) in [5, 5.41) is 0. The van der Waals surface area contributed by atoms with Crippen LogP contribution in [0.25, 0.3) is 0 Å². The van der Waals surface area contributed by atoms with Crippen LogP contribution in [0.15, 0.2) is 0 Å². The molecule has 1 aliphatic rings. The molecule has 3 unspecified atom stereocenters. The van der Waals surface area contributed by atoms with E-state index in [0.717, 1.165) is 17.8 Å². The molecule has 0 aliphatic heterocycles. The fourth-order valence-electron chi connectivity index (χ4n) is 1.99. The van der Waals surface area contributed by atoms with Gasteiger partial charge >= 0.3 is 0 Å². The topological polar surface area (TPSA) is 0 Å². The van der Waals surface area contributed by atoms with E-state index in [1.165, 1.54) is 19.3 Å². The van der Waals surface area contributed by atoms with E-state index in [-0.39, 0.29) is 0 Å². The average Bonchev–Trinajstić information content (AvgIpc) is 1.94. The van der Waals surface area contributed by atoms with Crippen LogP contribution in [0.5, 0.6) is 0 Å². The van der Waals surface area contributed by atoms with Crippen LogP contribution in [0.2, 0.25) is 0 Å². The summed E-state index contributed by atoms with van der Waals surface area (Å²) in [5.74, 6) is 2.73. The summed E-state index contributed by atoms with van der Waals surface area (Å²) in [6.07, 6.45) is 6.74. The Balaban J connectivity index is 2.38. The Morgan fingerprint density at radius 2 is 2.00 bits per heavy atom. The van der Waals surface area contributed by atoms with Gasteiger partial charge in [-0.3, -0.25) is 0 Å². The highest BCUT2D eigenvalue weighted by molar-refractivity contribution is 4.88. The molecule has 0 aromatic rings. The molecule has 1 rings (SSSR count). The molecule has 59 valence electrons. The van der Waals surface area contributed by atoms with Gasteiger partial charge in [-0.15, -0.1) is 0 Å². The molecule has 3 atom stereocenters. The van der Waals surface area contributed by atoms with Crippen molar-refractivity contribution >= 4 is 0 Å². The van der Waals surface area contributed by atoms with Gasteiger partial charge in [0.1, 0.15) is 0 Å². The minimum Gasteiger partial charge on any atom is -0.0651 e. The van der Waals surface area contributed by atoms with E-state index in [4.69, 9.17) is 0 Å². The van der Waals surface area contributed by atoms with Gasteiger partial charge in [-0.05, 0) is 24.2 Å². The third-order valence-electron chi connectivity index (χ3n) is 2.86. The van der Waals surface area contributed by atoms with Crippen LogP contribution < -0.4 is 0 Å². The van der Waals surface area contributed by atoms with E-state index in [9.17, 15) is 0 Å². The zero-order chi connectivity index (χ0) is 7.56. The summed E-state index contributed by atoms with van der Waals surface area (Å²) in [4.78, 5) is 0. The third kappa shape index (κ3) is 1.74. The Hall–Kier alpha value is 0. The van der Waals surface area contributed by atoms with E-state index >= 15 is 0 Å².